The standard InChI is InChI=1S/C19H25FN4O2/c1-14-16(11-22-23(14)2)10-21-13-19(26)8-5-9-24(18(19)25)12-15-6-3-4-7-17(15)20/h3-4,6-7,11,21,26H,5,8-10,12-13H2,1-2H3/t19-/m1/s1. The van der Waals surface area contributed by atoms with Crippen molar-refractivity contribution < 1.29 is 14.3 Å². The van der Waals surface area contributed by atoms with Gasteiger partial charge in [0.05, 0.1) is 6.20 Å². The number of amides is 1. The van der Waals surface area contributed by atoms with E-state index in [0.29, 0.717) is 31.5 Å². The van der Waals surface area contributed by atoms with Gasteiger partial charge in [-0.3, -0.25) is 9.48 Å². The Morgan fingerprint density at radius 2 is 2.12 bits per heavy atom. The highest BCUT2D eigenvalue weighted by Gasteiger charge is 2.41. The quantitative estimate of drug-likeness (QED) is 0.819. The van der Waals surface area contributed by atoms with Gasteiger partial charge >= 0.3 is 0 Å². The molecule has 26 heavy (non-hydrogen) atoms. The normalized spacial score (nSPS) is 20.6. The first kappa shape index (κ1) is 18.5. The zero-order chi connectivity index (χ0) is 18.7. The van der Waals surface area contributed by atoms with E-state index in [1.165, 1.54) is 6.07 Å². The van der Waals surface area contributed by atoms with Crippen molar-refractivity contribution in [2.24, 2.45) is 7.05 Å². The van der Waals surface area contributed by atoms with Gasteiger partial charge in [-0.25, -0.2) is 4.39 Å². The number of aryl methyl sites for hydroxylation is 1. The minimum Gasteiger partial charge on any atom is -0.379 e. The van der Waals surface area contributed by atoms with Crippen molar-refractivity contribution in [3.05, 3.63) is 53.1 Å². The van der Waals surface area contributed by atoms with E-state index in [9.17, 15) is 14.3 Å². The van der Waals surface area contributed by atoms with Gasteiger partial charge in [-0.15, -0.1) is 0 Å². The molecule has 0 saturated carbocycles. The summed E-state index contributed by atoms with van der Waals surface area (Å²) in [6.45, 7) is 3.36. The molecule has 2 heterocycles. The second-order valence-electron chi connectivity index (χ2n) is 6.94. The lowest BCUT2D eigenvalue weighted by Gasteiger charge is -2.38. The third kappa shape index (κ3) is 3.78. The highest BCUT2D eigenvalue weighted by Crippen LogP contribution is 2.24. The summed E-state index contributed by atoms with van der Waals surface area (Å²) in [5.74, 6) is -0.679. The van der Waals surface area contributed by atoms with Gasteiger partial charge in [-0.05, 0) is 25.8 Å². The number of hydrogen-bond acceptors (Lipinski definition) is 4. The zero-order valence-corrected chi connectivity index (χ0v) is 15.2. The van der Waals surface area contributed by atoms with E-state index in [2.05, 4.69) is 10.4 Å². The van der Waals surface area contributed by atoms with E-state index in [1.807, 2.05) is 14.0 Å². The van der Waals surface area contributed by atoms with Crippen molar-refractivity contribution in [2.45, 2.75) is 38.5 Å². The Bertz CT molecular complexity index is 792. The molecule has 1 amide bonds. The number of aliphatic hydroxyl groups is 1. The Hall–Kier alpha value is -2.25. The number of piperidine rings is 1. The van der Waals surface area contributed by atoms with Gasteiger partial charge in [-0.1, -0.05) is 18.2 Å². The van der Waals surface area contributed by atoms with Crippen molar-refractivity contribution in [1.82, 2.24) is 20.0 Å². The van der Waals surface area contributed by atoms with Crippen LogP contribution in [0.25, 0.3) is 0 Å². The fraction of sp³-hybridized carbons (Fsp3) is 0.474. The second-order valence-corrected chi connectivity index (χ2v) is 6.94. The van der Waals surface area contributed by atoms with E-state index in [-0.39, 0.29) is 24.8 Å². The molecule has 0 spiro atoms. The van der Waals surface area contributed by atoms with Gasteiger partial charge in [0.1, 0.15) is 5.82 Å². The van der Waals surface area contributed by atoms with E-state index < -0.39 is 5.60 Å². The molecule has 1 aliphatic heterocycles. The number of likely N-dealkylation sites (tertiary alicyclic amines) is 1. The monoisotopic (exact) mass is 360 g/mol. The Morgan fingerprint density at radius 1 is 1.35 bits per heavy atom. The topological polar surface area (TPSA) is 70.4 Å². The maximum Gasteiger partial charge on any atom is 0.256 e. The predicted octanol–water partition coefficient (Wildman–Crippen LogP) is 1.51. The molecule has 1 atom stereocenters. The van der Waals surface area contributed by atoms with E-state index in [1.54, 1.807) is 34.0 Å². The fourth-order valence-corrected chi connectivity index (χ4v) is 3.33. The summed E-state index contributed by atoms with van der Waals surface area (Å²) in [4.78, 5) is 14.3. The Kier molecular flexibility index (Phi) is 5.38. The van der Waals surface area contributed by atoms with Crippen molar-refractivity contribution >= 4 is 5.91 Å². The zero-order valence-electron chi connectivity index (χ0n) is 15.2. The summed E-state index contributed by atoms with van der Waals surface area (Å²) < 4.78 is 15.7. The number of hydrogen-bond donors (Lipinski definition) is 2. The van der Waals surface area contributed by atoms with Crippen molar-refractivity contribution in [2.75, 3.05) is 13.1 Å². The first-order valence-electron chi connectivity index (χ1n) is 8.84. The SMILES string of the molecule is Cc1c(CNC[C@]2(O)CCCN(Cc3ccccc3F)C2=O)cnn1C. The molecule has 0 unspecified atom stereocenters. The Labute approximate surface area is 152 Å². The summed E-state index contributed by atoms with van der Waals surface area (Å²) in [6.07, 6.45) is 2.86. The molecular weight excluding hydrogens is 335 g/mol. The second kappa shape index (κ2) is 7.55. The van der Waals surface area contributed by atoms with Crippen LogP contribution in [0.5, 0.6) is 0 Å². The van der Waals surface area contributed by atoms with Crippen LogP contribution < -0.4 is 5.32 Å². The van der Waals surface area contributed by atoms with Gasteiger partial charge in [0.2, 0.25) is 0 Å². The smallest absolute Gasteiger partial charge is 0.256 e. The first-order chi connectivity index (χ1) is 12.4. The van der Waals surface area contributed by atoms with E-state index >= 15 is 0 Å². The molecule has 1 fully saturated rings. The molecule has 1 saturated heterocycles. The van der Waals surface area contributed by atoms with Gasteiger partial charge in [0.15, 0.2) is 5.60 Å². The average Bonchev–Trinajstić information content (AvgIpc) is 2.93. The van der Waals surface area contributed by atoms with Crippen LogP contribution in [-0.4, -0.2) is 44.4 Å². The minimum absolute atomic E-state index is 0.161. The number of aromatic nitrogens is 2. The molecule has 0 aliphatic carbocycles. The van der Waals surface area contributed by atoms with Gasteiger partial charge in [0, 0.05) is 50.0 Å². The molecule has 1 aromatic heterocycles. The van der Waals surface area contributed by atoms with Crippen LogP contribution in [0, 0.1) is 12.7 Å². The molecule has 3 rings (SSSR count). The van der Waals surface area contributed by atoms with E-state index in [4.69, 9.17) is 0 Å². The minimum atomic E-state index is -1.46. The maximum absolute atomic E-state index is 13.9. The van der Waals surface area contributed by atoms with Crippen molar-refractivity contribution in [3.8, 4) is 0 Å². The molecule has 2 N–H and O–H groups in total. The molecule has 140 valence electrons. The van der Waals surface area contributed by atoms with Crippen LogP contribution in [0.2, 0.25) is 0 Å². The van der Waals surface area contributed by atoms with Crippen LogP contribution in [0.15, 0.2) is 30.5 Å². The van der Waals surface area contributed by atoms with Gasteiger partial charge in [-0.2, -0.15) is 5.10 Å². The lowest BCUT2D eigenvalue weighted by atomic mass is 9.91. The van der Waals surface area contributed by atoms with Crippen LogP contribution >= 0.6 is 0 Å². The third-order valence-corrected chi connectivity index (χ3v) is 5.09. The number of carbonyl (C=O) groups is 1. The summed E-state index contributed by atoms with van der Waals surface area (Å²) >= 11 is 0. The molecule has 2 aromatic rings. The van der Waals surface area contributed by atoms with Crippen molar-refractivity contribution in [1.29, 1.82) is 0 Å². The van der Waals surface area contributed by atoms with Gasteiger partial charge in [0.25, 0.3) is 5.91 Å². The average molecular weight is 360 g/mol. The fourth-order valence-electron chi connectivity index (χ4n) is 3.33. The largest absolute Gasteiger partial charge is 0.379 e. The molecule has 1 aromatic carbocycles. The van der Waals surface area contributed by atoms with Crippen LogP contribution in [0.4, 0.5) is 4.39 Å². The molecule has 0 radical (unpaired) electrons. The maximum atomic E-state index is 13.9. The summed E-state index contributed by atoms with van der Waals surface area (Å²) in [6, 6.07) is 6.42. The molecule has 7 heteroatoms. The number of benzene rings is 1. The molecule has 6 nitrogen and oxygen atoms in total. The summed E-state index contributed by atoms with van der Waals surface area (Å²) in [5.41, 5.74) is 1.08. The lowest BCUT2D eigenvalue weighted by Crippen LogP contribution is -2.57. The summed E-state index contributed by atoms with van der Waals surface area (Å²) in [7, 11) is 1.87. The molecular formula is C19H25FN4O2. The first-order valence-corrected chi connectivity index (χ1v) is 8.84. The Morgan fingerprint density at radius 3 is 2.81 bits per heavy atom. The number of rotatable bonds is 6. The number of nitrogens with zero attached hydrogens (tertiary/aromatic N) is 3. The van der Waals surface area contributed by atoms with Crippen molar-refractivity contribution in [3.63, 3.8) is 0 Å². The van der Waals surface area contributed by atoms with Crippen LogP contribution in [-0.2, 0) is 24.9 Å². The number of carbonyl (C=O) groups excluding carboxylic acids is 1. The highest BCUT2D eigenvalue weighted by atomic mass is 19.1. The third-order valence-electron chi connectivity index (χ3n) is 5.09. The lowest BCUT2D eigenvalue weighted by molar-refractivity contribution is -0.157. The van der Waals surface area contributed by atoms with Crippen LogP contribution in [0.3, 0.4) is 0 Å². The van der Waals surface area contributed by atoms with E-state index in [0.717, 1.165) is 11.3 Å². The number of halogens is 1. The highest BCUT2D eigenvalue weighted by molar-refractivity contribution is 5.86. The predicted molar refractivity (Wildman–Crippen MR) is 95.7 cm³/mol. The summed E-state index contributed by atoms with van der Waals surface area (Å²) in [5, 5.41) is 18.2. The molecule has 1 aliphatic rings. The molecule has 0 bridgehead atoms. The van der Waals surface area contributed by atoms with Gasteiger partial charge < -0.3 is 15.3 Å². The number of nitrogens with one attached hydrogen (secondary N) is 1. The van der Waals surface area contributed by atoms with Crippen LogP contribution in [0.1, 0.15) is 29.7 Å². The Balaban J connectivity index is 1.62.